The second-order valence-electron chi connectivity index (χ2n) is 6.64. The molecule has 160 valence electrons. The number of hydrogen-bond acceptors (Lipinski definition) is 6. The molecule has 0 aromatic heterocycles. The van der Waals surface area contributed by atoms with Gasteiger partial charge in [0.2, 0.25) is 0 Å². The predicted octanol–water partition coefficient (Wildman–Crippen LogP) is 4.30. The number of nitrogens with zero attached hydrogens (tertiary/aromatic N) is 1. The molecular formula is C23H22ClN3O4. The highest BCUT2D eigenvalue weighted by Gasteiger charge is 2.14. The van der Waals surface area contributed by atoms with E-state index in [1.807, 2.05) is 6.92 Å². The van der Waals surface area contributed by atoms with Crippen LogP contribution in [0.2, 0.25) is 5.02 Å². The lowest BCUT2D eigenvalue weighted by molar-refractivity contribution is 0.0515. The summed E-state index contributed by atoms with van der Waals surface area (Å²) in [5.41, 5.74) is 14.7. The number of nitrogen functional groups attached to an aromatic ring is 1. The molecule has 0 aliphatic rings. The number of oxime groups is 1. The minimum atomic E-state index is -0.667. The highest BCUT2D eigenvalue weighted by atomic mass is 35.5. The Morgan fingerprint density at radius 3 is 2.55 bits per heavy atom. The van der Waals surface area contributed by atoms with Crippen molar-refractivity contribution in [2.45, 2.75) is 13.5 Å². The van der Waals surface area contributed by atoms with Crippen molar-refractivity contribution in [2.24, 2.45) is 10.9 Å². The second kappa shape index (κ2) is 9.86. The number of methoxy groups -OCH3 is 1. The van der Waals surface area contributed by atoms with Gasteiger partial charge < -0.3 is 25.8 Å². The zero-order valence-corrected chi connectivity index (χ0v) is 17.8. The van der Waals surface area contributed by atoms with Gasteiger partial charge in [-0.05, 0) is 61.0 Å². The van der Waals surface area contributed by atoms with Crippen molar-refractivity contribution in [2.75, 3.05) is 12.8 Å². The molecule has 0 spiro atoms. The molecule has 4 N–H and O–H groups in total. The fraction of sp³-hybridized carbons (Fsp3) is 0.130. The molecule has 0 aliphatic heterocycles. The van der Waals surface area contributed by atoms with Crippen LogP contribution in [0.25, 0.3) is 0 Å². The number of anilines is 1. The highest BCUT2D eigenvalue weighted by molar-refractivity contribution is 6.30. The van der Waals surface area contributed by atoms with E-state index < -0.39 is 5.97 Å². The number of halogens is 1. The molecule has 0 aliphatic carbocycles. The predicted molar refractivity (Wildman–Crippen MR) is 121 cm³/mol. The fourth-order valence-electron chi connectivity index (χ4n) is 2.83. The van der Waals surface area contributed by atoms with Crippen LogP contribution in [0.4, 0.5) is 5.69 Å². The van der Waals surface area contributed by atoms with E-state index in [1.165, 1.54) is 7.11 Å². The third-order valence-corrected chi connectivity index (χ3v) is 4.85. The smallest absolute Gasteiger partial charge is 0.365 e. The molecule has 7 nitrogen and oxygen atoms in total. The standard InChI is InChI=1S/C23H22ClN3O4/c1-14-19(4-3-5-20(14)25)22(26)27-31-23(28)15-6-11-21(29-2)16(12-15)13-30-18-9-7-17(24)8-10-18/h3-12H,13,25H2,1-2H3,(H2,26,27). The van der Waals surface area contributed by atoms with Gasteiger partial charge in [0.25, 0.3) is 0 Å². The van der Waals surface area contributed by atoms with E-state index in [1.54, 1.807) is 60.7 Å². The Balaban J connectivity index is 1.74. The number of hydrogen-bond donors (Lipinski definition) is 2. The van der Waals surface area contributed by atoms with Crippen LogP contribution in [-0.2, 0) is 11.4 Å². The topological polar surface area (TPSA) is 109 Å². The molecule has 0 radical (unpaired) electrons. The van der Waals surface area contributed by atoms with Crippen LogP contribution in [0.15, 0.2) is 65.8 Å². The van der Waals surface area contributed by atoms with Crippen LogP contribution in [-0.4, -0.2) is 18.9 Å². The molecule has 3 aromatic carbocycles. The lowest BCUT2D eigenvalue weighted by Gasteiger charge is -2.12. The number of carbonyl (C=O) groups is 1. The van der Waals surface area contributed by atoms with Gasteiger partial charge in [-0.25, -0.2) is 4.79 Å². The van der Waals surface area contributed by atoms with Crippen LogP contribution in [0.3, 0.4) is 0 Å². The zero-order chi connectivity index (χ0) is 22.4. The number of ether oxygens (including phenoxy) is 2. The second-order valence-corrected chi connectivity index (χ2v) is 7.08. The molecule has 0 amide bonds. The monoisotopic (exact) mass is 439 g/mol. The summed E-state index contributed by atoms with van der Waals surface area (Å²) < 4.78 is 11.1. The minimum Gasteiger partial charge on any atom is -0.496 e. The van der Waals surface area contributed by atoms with Crippen LogP contribution in [0.1, 0.15) is 27.0 Å². The summed E-state index contributed by atoms with van der Waals surface area (Å²) in [5, 5.41) is 4.37. The van der Waals surface area contributed by atoms with Crippen molar-refractivity contribution >= 4 is 29.1 Å². The lowest BCUT2D eigenvalue weighted by atomic mass is 10.1. The SMILES string of the molecule is COc1ccc(C(=O)O/N=C(\N)c2cccc(N)c2C)cc1COc1ccc(Cl)cc1. The van der Waals surface area contributed by atoms with Gasteiger partial charge in [-0.15, -0.1) is 0 Å². The Bertz CT molecular complexity index is 1110. The van der Waals surface area contributed by atoms with E-state index in [0.717, 1.165) is 5.56 Å². The van der Waals surface area contributed by atoms with E-state index in [2.05, 4.69) is 5.16 Å². The van der Waals surface area contributed by atoms with Gasteiger partial charge in [0.15, 0.2) is 5.84 Å². The number of rotatable bonds is 7. The van der Waals surface area contributed by atoms with Crippen molar-refractivity contribution < 1.29 is 19.1 Å². The van der Waals surface area contributed by atoms with Crippen molar-refractivity contribution in [3.63, 3.8) is 0 Å². The maximum absolute atomic E-state index is 12.5. The van der Waals surface area contributed by atoms with Crippen LogP contribution in [0.5, 0.6) is 11.5 Å². The third-order valence-electron chi connectivity index (χ3n) is 4.60. The summed E-state index contributed by atoms with van der Waals surface area (Å²) >= 11 is 5.89. The van der Waals surface area contributed by atoms with E-state index in [9.17, 15) is 4.79 Å². The molecule has 0 heterocycles. The van der Waals surface area contributed by atoms with Gasteiger partial charge in [-0.2, -0.15) is 0 Å². The van der Waals surface area contributed by atoms with Gasteiger partial charge in [0.1, 0.15) is 18.1 Å². The molecule has 3 aromatic rings. The number of carbonyl (C=O) groups excluding carboxylic acids is 1. The molecule has 8 heteroatoms. The summed E-state index contributed by atoms with van der Waals surface area (Å²) in [7, 11) is 1.54. The quantitative estimate of drug-likeness (QED) is 0.187. The Morgan fingerprint density at radius 2 is 1.84 bits per heavy atom. The van der Waals surface area contributed by atoms with Gasteiger partial charge in [0.05, 0.1) is 12.7 Å². The van der Waals surface area contributed by atoms with Gasteiger partial charge in [0, 0.05) is 21.8 Å². The molecule has 0 unspecified atom stereocenters. The Labute approximate surface area is 185 Å². The summed E-state index contributed by atoms with van der Waals surface area (Å²) in [6.07, 6.45) is 0. The van der Waals surface area contributed by atoms with Crippen LogP contribution < -0.4 is 20.9 Å². The Hall–Kier alpha value is -3.71. The number of benzene rings is 3. The Morgan fingerprint density at radius 1 is 1.10 bits per heavy atom. The zero-order valence-electron chi connectivity index (χ0n) is 17.1. The van der Waals surface area contributed by atoms with Crippen molar-refractivity contribution in [1.82, 2.24) is 0 Å². The highest BCUT2D eigenvalue weighted by Crippen LogP contribution is 2.24. The first-order chi connectivity index (χ1) is 14.9. The average Bonchev–Trinajstić information content (AvgIpc) is 2.78. The molecule has 0 atom stereocenters. The van der Waals surface area contributed by atoms with Crippen LogP contribution >= 0.6 is 11.6 Å². The van der Waals surface area contributed by atoms with E-state index >= 15 is 0 Å². The van der Waals surface area contributed by atoms with E-state index in [4.69, 9.17) is 37.4 Å². The van der Waals surface area contributed by atoms with Gasteiger partial charge in [-0.1, -0.05) is 28.9 Å². The van der Waals surface area contributed by atoms with Crippen molar-refractivity contribution in [3.8, 4) is 11.5 Å². The number of nitrogens with two attached hydrogens (primary N) is 2. The maximum Gasteiger partial charge on any atom is 0.365 e. The normalized spacial score (nSPS) is 11.1. The minimum absolute atomic E-state index is 0.0537. The summed E-state index contributed by atoms with van der Waals surface area (Å²) in [5.74, 6) is 0.594. The van der Waals surface area contributed by atoms with Gasteiger partial charge in [-0.3, -0.25) is 0 Å². The van der Waals surface area contributed by atoms with Crippen molar-refractivity contribution in [3.05, 3.63) is 87.9 Å². The summed E-state index contributed by atoms with van der Waals surface area (Å²) in [6, 6.07) is 17.1. The van der Waals surface area contributed by atoms with Crippen molar-refractivity contribution in [1.29, 1.82) is 0 Å². The fourth-order valence-corrected chi connectivity index (χ4v) is 2.96. The number of amidine groups is 1. The maximum atomic E-state index is 12.5. The van der Waals surface area contributed by atoms with E-state index in [-0.39, 0.29) is 18.0 Å². The first-order valence-corrected chi connectivity index (χ1v) is 9.72. The molecule has 0 saturated carbocycles. The first kappa shape index (κ1) is 22.0. The van der Waals surface area contributed by atoms with E-state index in [0.29, 0.717) is 33.3 Å². The van der Waals surface area contributed by atoms with Gasteiger partial charge >= 0.3 is 5.97 Å². The lowest BCUT2D eigenvalue weighted by Crippen LogP contribution is -2.17. The largest absolute Gasteiger partial charge is 0.496 e. The summed E-state index contributed by atoms with van der Waals surface area (Å²) in [4.78, 5) is 17.5. The molecule has 0 bridgehead atoms. The molecule has 3 rings (SSSR count). The molecule has 31 heavy (non-hydrogen) atoms. The first-order valence-electron chi connectivity index (χ1n) is 9.34. The third kappa shape index (κ3) is 5.46. The molecule has 0 saturated heterocycles. The molecule has 0 fully saturated rings. The Kier molecular flexibility index (Phi) is 6.99. The molecular weight excluding hydrogens is 418 g/mol. The van der Waals surface area contributed by atoms with Crippen LogP contribution in [0, 0.1) is 6.92 Å². The summed E-state index contributed by atoms with van der Waals surface area (Å²) in [6.45, 7) is 1.99. The average molecular weight is 440 g/mol.